The predicted molar refractivity (Wildman–Crippen MR) is 105 cm³/mol. The molecule has 0 aliphatic carbocycles. The number of carbonyl (C=O) groups excluding carboxylic acids is 3. The average Bonchev–Trinajstić information content (AvgIpc) is 2.61. The largest absolute Gasteiger partial charge is 0.356 e. The van der Waals surface area contributed by atoms with Gasteiger partial charge in [-0.1, -0.05) is 23.7 Å². The van der Waals surface area contributed by atoms with Gasteiger partial charge in [-0.3, -0.25) is 14.4 Å². The van der Waals surface area contributed by atoms with Gasteiger partial charge in [0.15, 0.2) is 0 Å². The van der Waals surface area contributed by atoms with Crippen LogP contribution in [-0.2, 0) is 20.8 Å². The maximum Gasteiger partial charge on any atom is 0.232 e. The third-order valence-electron chi connectivity index (χ3n) is 5.01. The molecule has 1 saturated heterocycles. The van der Waals surface area contributed by atoms with E-state index in [1.807, 2.05) is 31.2 Å². The Hall–Kier alpha value is -2.08. The first-order valence-electron chi connectivity index (χ1n) is 9.29. The highest BCUT2D eigenvalue weighted by Crippen LogP contribution is 2.37. The van der Waals surface area contributed by atoms with Gasteiger partial charge in [0.1, 0.15) is 0 Å². The van der Waals surface area contributed by atoms with E-state index < -0.39 is 5.41 Å². The lowest BCUT2D eigenvalue weighted by Crippen LogP contribution is -2.65. The lowest BCUT2D eigenvalue weighted by Gasteiger charge is -2.50. The number of nitrogens with zero attached hydrogens (tertiary/aromatic N) is 2. The Balaban J connectivity index is 2.00. The molecule has 0 unspecified atom stereocenters. The standard InChI is InChI=1S/C20H28ClN3O3/c1-4-23(3)19(27)20(12-16-7-9-17(21)10-8-16)13-24(14-20)18(26)6-5-11-22-15(2)25/h7-10H,4-6,11-14H2,1-3H3,(H,22,25). The van der Waals surface area contributed by atoms with Crippen molar-refractivity contribution in [3.05, 3.63) is 34.9 Å². The SMILES string of the molecule is CCN(C)C(=O)C1(Cc2ccc(Cl)cc2)CN(C(=O)CCCNC(C)=O)C1. The summed E-state index contributed by atoms with van der Waals surface area (Å²) in [4.78, 5) is 39.7. The zero-order valence-corrected chi connectivity index (χ0v) is 17.0. The highest BCUT2D eigenvalue weighted by atomic mass is 35.5. The molecule has 0 saturated carbocycles. The topological polar surface area (TPSA) is 69.7 Å². The van der Waals surface area contributed by atoms with Crippen molar-refractivity contribution in [1.29, 1.82) is 0 Å². The summed E-state index contributed by atoms with van der Waals surface area (Å²) in [6.07, 6.45) is 1.56. The van der Waals surface area contributed by atoms with Gasteiger partial charge in [-0.25, -0.2) is 0 Å². The van der Waals surface area contributed by atoms with E-state index in [0.29, 0.717) is 50.5 Å². The number of halogens is 1. The van der Waals surface area contributed by atoms with Gasteiger partial charge < -0.3 is 15.1 Å². The number of amides is 3. The Kier molecular flexibility index (Phi) is 7.25. The summed E-state index contributed by atoms with van der Waals surface area (Å²) in [5.41, 5.74) is 0.460. The smallest absolute Gasteiger partial charge is 0.232 e. The Labute approximate surface area is 165 Å². The minimum atomic E-state index is -0.577. The monoisotopic (exact) mass is 393 g/mol. The molecule has 1 N–H and O–H groups in total. The fourth-order valence-electron chi connectivity index (χ4n) is 3.39. The number of likely N-dealkylation sites (tertiary alicyclic amines) is 1. The number of carbonyl (C=O) groups is 3. The Bertz CT molecular complexity index is 684. The first kappa shape index (κ1) is 21.2. The molecular formula is C20H28ClN3O3. The van der Waals surface area contributed by atoms with E-state index in [9.17, 15) is 14.4 Å². The summed E-state index contributed by atoms with van der Waals surface area (Å²) in [6.45, 7) is 5.37. The molecule has 0 spiro atoms. The molecule has 0 radical (unpaired) electrons. The van der Waals surface area contributed by atoms with Gasteiger partial charge in [-0.05, 0) is 37.5 Å². The zero-order valence-electron chi connectivity index (χ0n) is 16.3. The molecule has 27 heavy (non-hydrogen) atoms. The van der Waals surface area contributed by atoms with Gasteiger partial charge >= 0.3 is 0 Å². The molecule has 2 rings (SSSR count). The molecule has 0 aromatic heterocycles. The van der Waals surface area contributed by atoms with Gasteiger partial charge in [0, 0.05) is 51.6 Å². The van der Waals surface area contributed by atoms with Crippen LogP contribution >= 0.6 is 11.6 Å². The average molecular weight is 394 g/mol. The van der Waals surface area contributed by atoms with E-state index >= 15 is 0 Å². The van der Waals surface area contributed by atoms with Crippen molar-refractivity contribution in [2.45, 2.75) is 33.1 Å². The van der Waals surface area contributed by atoms with Crippen LogP contribution in [0.25, 0.3) is 0 Å². The second-order valence-electron chi connectivity index (χ2n) is 7.24. The van der Waals surface area contributed by atoms with E-state index in [0.717, 1.165) is 5.56 Å². The number of hydrogen-bond donors (Lipinski definition) is 1. The maximum atomic E-state index is 13.0. The number of rotatable bonds is 8. The molecule has 1 aliphatic heterocycles. The van der Waals surface area contributed by atoms with Crippen LogP contribution in [0.2, 0.25) is 5.02 Å². The third kappa shape index (κ3) is 5.45. The minimum Gasteiger partial charge on any atom is -0.356 e. The van der Waals surface area contributed by atoms with E-state index in [1.165, 1.54) is 6.92 Å². The van der Waals surface area contributed by atoms with Crippen LogP contribution in [0, 0.1) is 5.41 Å². The zero-order chi connectivity index (χ0) is 20.0. The van der Waals surface area contributed by atoms with Gasteiger partial charge in [0.2, 0.25) is 17.7 Å². The Morgan fingerprint density at radius 2 is 1.85 bits per heavy atom. The summed E-state index contributed by atoms with van der Waals surface area (Å²) >= 11 is 5.96. The van der Waals surface area contributed by atoms with E-state index in [4.69, 9.17) is 11.6 Å². The van der Waals surface area contributed by atoms with Crippen molar-refractivity contribution in [1.82, 2.24) is 15.1 Å². The first-order valence-corrected chi connectivity index (χ1v) is 9.67. The van der Waals surface area contributed by atoms with Crippen LogP contribution in [0.1, 0.15) is 32.3 Å². The molecule has 1 aromatic carbocycles. The van der Waals surface area contributed by atoms with Gasteiger partial charge in [0.25, 0.3) is 0 Å². The van der Waals surface area contributed by atoms with Crippen LogP contribution in [0.15, 0.2) is 24.3 Å². The van der Waals surface area contributed by atoms with E-state index in [2.05, 4.69) is 5.32 Å². The fourth-order valence-corrected chi connectivity index (χ4v) is 3.51. The van der Waals surface area contributed by atoms with Gasteiger partial charge in [0.05, 0.1) is 5.41 Å². The molecule has 1 heterocycles. The molecule has 0 bridgehead atoms. The highest BCUT2D eigenvalue weighted by molar-refractivity contribution is 6.30. The minimum absolute atomic E-state index is 0.0269. The number of nitrogens with one attached hydrogen (secondary N) is 1. The van der Waals surface area contributed by atoms with Crippen LogP contribution in [-0.4, -0.2) is 60.7 Å². The molecule has 1 aliphatic rings. The predicted octanol–water partition coefficient (Wildman–Crippen LogP) is 2.11. The van der Waals surface area contributed by atoms with Crippen LogP contribution in [0.3, 0.4) is 0 Å². The maximum absolute atomic E-state index is 13.0. The van der Waals surface area contributed by atoms with Crippen molar-refractivity contribution in [2.24, 2.45) is 5.41 Å². The van der Waals surface area contributed by atoms with E-state index in [1.54, 1.807) is 16.8 Å². The van der Waals surface area contributed by atoms with Crippen molar-refractivity contribution >= 4 is 29.3 Å². The Morgan fingerprint density at radius 1 is 1.22 bits per heavy atom. The van der Waals surface area contributed by atoms with Gasteiger partial charge in [-0.15, -0.1) is 0 Å². The van der Waals surface area contributed by atoms with Crippen molar-refractivity contribution in [2.75, 3.05) is 33.2 Å². The summed E-state index contributed by atoms with van der Waals surface area (Å²) in [5, 5.41) is 3.35. The van der Waals surface area contributed by atoms with E-state index in [-0.39, 0.29) is 17.7 Å². The summed E-state index contributed by atoms with van der Waals surface area (Å²) in [5.74, 6) is 0.00265. The normalized spacial score (nSPS) is 15.0. The molecule has 7 heteroatoms. The van der Waals surface area contributed by atoms with Crippen LogP contribution < -0.4 is 5.32 Å². The molecule has 3 amide bonds. The van der Waals surface area contributed by atoms with Crippen LogP contribution in [0.4, 0.5) is 0 Å². The highest BCUT2D eigenvalue weighted by Gasteiger charge is 2.51. The quantitative estimate of drug-likeness (QED) is 0.687. The van der Waals surface area contributed by atoms with Crippen molar-refractivity contribution < 1.29 is 14.4 Å². The van der Waals surface area contributed by atoms with Crippen LogP contribution in [0.5, 0.6) is 0 Å². The summed E-state index contributed by atoms with van der Waals surface area (Å²) < 4.78 is 0. The molecule has 1 aromatic rings. The fraction of sp³-hybridized carbons (Fsp3) is 0.550. The number of benzene rings is 1. The lowest BCUT2D eigenvalue weighted by molar-refractivity contribution is -0.159. The molecule has 0 atom stereocenters. The molecular weight excluding hydrogens is 366 g/mol. The second kappa shape index (κ2) is 9.22. The lowest BCUT2D eigenvalue weighted by atomic mass is 9.73. The molecule has 6 nitrogen and oxygen atoms in total. The number of hydrogen-bond acceptors (Lipinski definition) is 3. The second-order valence-corrected chi connectivity index (χ2v) is 7.68. The summed E-state index contributed by atoms with van der Waals surface area (Å²) in [6, 6.07) is 7.51. The first-order chi connectivity index (χ1) is 12.8. The van der Waals surface area contributed by atoms with Crippen molar-refractivity contribution in [3.8, 4) is 0 Å². The third-order valence-corrected chi connectivity index (χ3v) is 5.26. The van der Waals surface area contributed by atoms with Gasteiger partial charge in [-0.2, -0.15) is 0 Å². The molecule has 148 valence electrons. The van der Waals surface area contributed by atoms with Crippen molar-refractivity contribution in [3.63, 3.8) is 0 Å². The molecule has 1 fully saturated rings. The Morgan fingerprint density at radius 3 is 2.41 bits per heavy atom. The summed E-state index contributed by atoms with van der Waals surface area (Å²) in [7, 11) is 1.80.